The van der Waals surface area contributed by atoms with Crippen LogP contribution in [-0.4, -0.2) is 14.7 Å². The molecule has 1 aromatic rings. The van der Waals surface area contributed by atoms with E-state index in [0.29, 0.717) is 16.5 Å². The Bertz CT molecular complexity index is 450. The predicted molar refractivity (Wildman–Crippen MR) is 64.1 cm³/mol. The Labute approximate surface area is 96.2 Å². The van der Waals surface area contributed by atoms with Crippen LogP contribution in [0, 0.1) is 0 Å². The number of hydrogen-bond acceptors (Lipinski definition) is 2. The van der Waals surface area contributed by atoms with Gasteiger partial charge in [0.1, 0.15) is 0 Å². The summed E-state index contributed by atoms with van der Waals surface area (Å²) in [5.41, 5.74) is 1.79. The summed E-state index contributed by atoms with van der Waals surface area (Å²) in [4.78, 5) is 0. The molecule has 0 saturated heterocycles. The Kier molecular flexibility index (Phi) is 3.79. The molecular weight excluding hydrogens is 232 g/mol. The second kappa shape index (κ2) is 4.54. The average Bonchev–Trinajstić information content (AvgIpc) is 2.05. The van der Waals surface area contributed by atoms with Crippen LogP contribution in [0.2, 0.25) is 5.02 Å². The summed E-state index contributed by atoms with van der Waals surface area (Å²) >= 11 is 6.02. The Balaban J connectivity index is 3.04. The van der Waals surface area contributed by atoms with Gasteiger partial charge in [0.15, 0.2) is 9.84 Å². The first-order valence-electron chi connectivity index (χ1n) is 4.75. The lowest BCUT2D eigenvalue weighted by Gasteiger charge is -2.08. The number of hydrogen-bond donors (Lipinski definition) is 0. The van der Waals surface area contributed by atoms with Crippen LogP contribution >= 0.6 is 11.6 Å². The van der Waals surface area contributed by atoms with Crippen molar-refractivity contribution in [2.75, 3.05) is 6.26 Å². The second-order valence-corrected chi connectivity index (χ2v) is 6.62. The van der Waals surface area contributed by atoms with E-state index in [-0.39, 0.29) is 5.75 Å². The third kappa shape index (κ3) is 3.84. The van der Waals surface area contributed by atoms with Crippen molar-refractivity contribution in [3.8, 4) is 0 Å². The Hall–Kier alpha value is -0.540. The van der Waals surface area contributed by atoms with E-state index in [2.05, 4.69) is 13.8 Å². The van der Waals surface area contributed by atoms with Crippen LogP contribution < -0.4 is 0 Å². The minimum atomic E-state index is -3.02. The molecule has 2 nitrogen and oxygen atoms in total. The lowest BCUT2D eigenvalue weighted by molar-refractivity contribution is 0.601. The van der Waals surface area contributed by atoms with E-state index >= 15 is 0 Å². The largest absolute Gasteiger partial charge is 0.229 e. The summed E-state index contributed by atoms with van der Waals surface area (Å²) in [6.07, 6.45) is 1.21. The van der Waals surface area contributed by atoms with Gasteiger partial charge in [0, 0.05) is 11.3 Å². The monoisotopic (exact) mass is 246 g/mol. The fraction of sp³-hybridized carbons (Fsp3) is 0.455. The van der Waals surface area contributed by atoms with Gasteiger partial charge in [0.2, 0.25) is 0 Å². The van der Waals surface area contributed by atoms with E-state index in [1.54, 1.807) is 6.07 Å². The van der Waals surface area contributed by atoms with E-state index in [1.807, 2.05) is 12.1 Å². The van der Waals surface area contributed by atoms with Gasteiger partial charge >= 0.3 is 0 Å². The maximum Gasteiger partial charge on any atom is 0.151 e. The quantitative estimate of drug-likeness (QED) is 0.822. The predicted octanol–water partition coefficient (Wildman–Crippen LogP) is 3.01. The van der Waals surface area contributed by atoms with Gasteiger partial charge in [0.25, 0.3) is 0 Å². The van der Waals surface area contributed by atoms with Crippen LogP contribution in [0.25, 0.3) is 0 Å². The molecule has 15 heavy (non-hydrogen) atoms. The standard InChI is InChI=1S/C11H15ClO2S/c1-8(2)9-4-5-10(11(12)6-9)7-15(3,13)14/h4-6,8H,7H2,1-3H3. The topological polar surface area (TPSA) is 34.1 Å². The normalized spacial score (nSPS) is 12.1. The fourth-order valence-electron chi connectivity index (χ4n) is 1.32. The van der Waals surface area contributed by atoms with Gasteiger partial charge in [-0.15, -0.1) is 0 Å². The van der Waals surface area contributed by atoms with E-state index in [0.717, 1.165) is 5.56 Å². The molecule has 0 aromatic heterocycles. The minimum absolute atomic E-state index is 0.00418. The van der Waals surface area contributed by atoms with E-state index < -0.39 is 9.84 Å². The molecule has 0 aliphatic heterocycles. The summed E-state index contributed by atoms with van der Waals surface area (Å²) in [7, 11) is -3.02. The first kappa shape index (κ1) is 12.5. The number of benzene rings is 1. The van der Waals surface area contributed by atoms with E-state index in [1.165, 1.54) is 6.26 Å². The maximum atomic E-state index is 11.1. The SMILES string of the molecule is CC(C)c1ccc(CS(C)(=O)=O)c(Cl)c1. The highest BCUT2D eigenvalue weighted by molar-refractivity contribution is 7.89. The molecule has 0 atom stereocenters. The van der Waals surface area contributed by atoms with Crippen LogP contribution in [0.4, 0.5) is 0 Å². The molecule has 84 valence electrons. The van der Waals surface area contributed by atoms with Gasteiger partial charge < -0.3 is 0 Å². The molecule has 0 aliphatic rings. The van der Waals surface area contributed by atoms with Gasteiger partial charge in [0.05, 0.1) is 5.75 Å². The Morgan fingerprint density at radius 2 is 1.93 bits per heavy atom. The molecule has 0 amide bonds. The molecule has 1 rings (SSSR count). The second-order valence-electron chi connectivity index (χ2n) is 4.08. The molecule has 1 aromatic carbocycles. The lowest BCUT2D eigenvalue weighted by atomic mass is 10.0. The highest BCUT2D eigenvalue weighted by Crippen LogP contribution is 2.23. The Morgan fingerprint density at radius 1 is 1.33 bits per heavy atom. The lowest BCUT2D eigenvalue weighted by Crippen LogP contribution is -2.01. The molecule has 0 spiro atoms. The van der Waals surface area contributed by atoms with Crippen molar-refractivity contribution in [3.63, 3.8) is 0 Å². The van der Waals surface area contributed by atoms with Crippen LogP contribution in [0.3, 0.4) is 0 Å². The molecule has 0 radical (unpaired) electrons. The van der Waals surface area contributed by atoms with Crippen molar-refractivity contribution in [1.29, 1.82) is 0 Å². The zero-order chi connectivity index (χ0) is 11.6. The average molecular weight is 247 g/mol. The third-order valence-corrected chi connectivity index (χ3v) is 3.35. The molecule has 0 aliphatic carbocycles. The summed E-state index contributed by atoms with van der Waals surface area (Å²) in [6, 6.07) is 5.56. The van der Waals surface area contributed by atoms with Crippen molar-refractivity contribution in [2.45, 2.75) is 25.5 Å². The maximum absolute atomic E-state index is 11.1. The van der Waals surface area contributed by atoms with Crippen LogP contribution in [0.1, 0.15) is 30.9 Å². The summed E-state index contributed by atoms with van der Waals surface area (Å²) in [5.74, 6) is 0.402. The molecule has 0 heterocycles. The van der Waals surface area contributed by atoms with Crippen molar-refractivity contribution >= 4 is 21.4 Å². The highest BCUT2D eigenvalue weighted by atomic mass is 35.5. The first-order chi connectivity index (χ1) is 6.79. The van der Waals surface area contributed by atoms with Gasteiger partial charge in [-0.25, -0.2) is 8.42 Å². The van der Waals surface area contributed by atoms with Crippen LogP contribution in [0.15, 0.2) is 18.2 Å². The minimum Gasteiger partial charge on any atom is -0.229 e. The van der Waals surface area contributed by atoms with Crippen LogP contribution in [0.5, 0.6) is 0 Å². The highest BCUT2D eigenvalue weighted by Gasteiger charge is 2.09. The fourth-order valence-corrected chi connectivity index (χ4v) is 2.47. The van der Waals surface area contributed by atoms with E-state index in [4.69, 9.17) is 11.6 Å². The number of rotatable bonds is 3. The first-order valence-corrected chi connectivity index (χ1v) is 7.19. The van der Waals surface area contributed by atoms with Gasteiger partial charge in [-0.2, -0.15) is 0 Å². The van der Waals surface area contributed by atoms with Crippen molar-refractivity contribution in [2.24, 2.45) is 0 Å². The smallest absolute Gasteiger partial charge is 0.151 e. The molecule has 0 unspecified atom stereocenters. The van der Waals surface area contributed by atoms with Crippen molar-refractivity contribution in [1.82, 2.24) is 0 Å². The van der Waals surface area contributed by atoms with Crippen LogP contribution in [-0.2, 0) is 15.6 Å². The molecule has 4 heteroatoms. The van der Waals surface area contributed by atoms with Gasteiger partial charge in [-0.1, -0.05) is 37.6 Å². The zero-order valence-electron chi connectivity index (χ0n) is 9.12. The summed E-state index contributed by atoms with van der Waals surface area (Å²) < 4.78 is 22.2. The molecule has 0 saturated carbocycles. The molecule has 0 N–H and O–H groups in total. The number of sulfone groups is 1. The third-order valence-electron chi connectivity index (χ3n) is 2.16. The zero-order valence-corrected chi connectivity index (χ0v) is 10.7. The molecule has 0 bridgehead atoms. The molecule has 0 fully saturated rings. The Morgan fingerprint density at radius 3 is 2.33 bits per heavy atom. The van der Waals surface area contributed by atoms with Gasteiger partial charge in [-0.3, -0.25) is 0 Å². The van der Waals surface area contributed by atoms with E-state index in [9.17, 15) is 8.42 Å². The van der Waals surface area contributed by atoms with Gasteiger partial charge in [-0.05, 0) is 23.1 Å². The molecular formula is C11H15ClO2S. The summed E-state index contributed by atoms with van der Waals surface area (Å²) in [5, 5.41) is 0.534. The summed E-state index contributed by atoms with van der Waals surface area (Å²) in [6.45, 7) is 4.14. The number of halogens is 1. The van der Waals surface area contributed by atoms with Crippen molar-refractivity contribution < 1.29 is 8.42 Å². The van der Waals surface area contributed by atoms with Crippen molar-refractivity contribution in [3.05, 3.63) is 34.3 Å².